The van der Waals surface area contributed by atoms with Gasteiger partial charge in [-0.3, -0.25) is 29.1 Å². The molecule has 4 aliphatic heterocycles. The number of amides is 3. The molecule has 12 aromatic rings. The lowest BCUT2D eigenvalue weighted by Crippen LogP contribution is -2.48. The van der Waals surface area contributed by atoms with Crippen LogP contribution in [0.3, 0.4) is 0 Å². The van der Waals surface area contributed by atoms with Gasteiger partial charge < -0.3 is 21.7 Å². The number of carbonyl (C=O) groups excluding carboxylic acids is 4. The monoisotopic (exact) mass is 2180 g/mol. The highest BCUT2D eigenvalue weighted by molar-refractivity contribution is 7.90. The smallest absolute Gasteiger partial charge is 0.383 e. The number of nitrogens with one attached hydrogen (secondary N) is 3. The van der Waals surface area contributed by atoms with Crippen LogP contribution in [0.4, 0.5) is 93.6 Å². The van der Waals surface area contributed by atoms with Crippen molar-refractivity contribution in [1.82, 2.24) is 63.1 Å². The van der Waals surface area contributed by atoms with Crippen molar-refractivity contribution in [3.8, 4) is 50.8 Å². The first-order valence-electron chi connectivity index (χ1n) is 45.2. The zero-order valence-corrected chi connectivity index (χ0v) is 80.9. The number of benzene rings is 7. The minimum absolute atomic E-state index is 0.0543. The van der Waals surface area contributed by atoms with Gasteiger partial charge in [0.1, 0.15) is 82.9 Å². The van der Waals surface area contributed by atoms with E-state index in [0.717, 1.165) is 163 Å². The Balaban J connectivity index is 0.000000157. The number of nitrogens with zero attached hydrogens (tertiary/aromatic N) is 11. The summed E-state index contributed by atoms with van der Waals surface area (Å²) in [5.74, 6) is -7.54. The third kappa shape index (κ3) is 26.3. The van der Waals surface area contributed by atoms with Crippen molar-refractivity contribution in [3.05, 3.63) is 316 Å². The molecule has 1 saturated carbocycles. The van der Waals surface area contributed by atoms with Gasteiger partial charge in [-0.2, -0.15) is 75.2 Å². The molecule has 5 N–H and O–H groups in total. The number of nitrogens with two attached hydrogens (primary N) is 1. The summed E-state index contributed by atoms with van der Waals surface area (Å²) in [5, 5.41) is 17.4. The van der Waals surface area contributed by atoms with Crippen LogP contribution in [0.1, 0.15) is 95.3 Å². The first-order valence-corrected chi connectivity index (χ1v) is 50.9. The quantitative estimate of drug-likeness (QED) is 0.0366. The highest BCUT2D eigenvalue weighted by atomic mass is 32.2. The molecule has 4 saturated heterocycles. The zero-order valence-electron chi connectivity index (χ0n) is 77.6. The number of aryl methyl sites for hydroxylation is 2. The number of sulfonamides is 4. The van der Waals surface area contributed by atoms with Crippen molar-refractivity contribution >= 4 is 69.4 Å². The molecule has 9 atom stereocenters. The van der Waals surface area contributed by atoms with Gasteiger partial charge in [0, 0.05) is 113 Å². The molecule has 5 aromatic heterocycles. The van der Waals surface area contributed by atoms with E-state index >= 15 is 0 Å². The lowest BCUT2D eigenvalue weighted by atomic mass is 9.97. The van der Waals surface area contributed by atoms with Gasteiger partial charge in [0.05, 0.1) is 59.9 Å². The third-order valence-corrected chi connectivity index (χ3v) is 32.3. The van der Waals surface area contributed by atoms with E-state index in [4.69, 9.17) is 5.73 Å². The summed E-state index contributed by atoms with van der Waals surface area (Å²) in [5.41, 5.74) is 7.30. The number of anilines is 1. The average molecular weight is 2180 g/mol. The second kappa shape index (κ2) is 45.3. The number of piperidine rings is 1. The van der Waals surface area contributed by atoms with E-state index in [1.807, 2.05) is 6.07 Å². The molecule has 1 aliphatic carbocycles. The molecule has 0 radical (unpaired) electrons. The van der Waals surface area contributed by atoms with Gasteiger partial charge in [0.25, 0.3) is 0 Å². The summed E-state index contributed by atoms with van der Waals surface area (Å²) >= 11 is 0. The van der Waals surface area contributed by atoms with Crippen molar-refractivity contribution in [3.63, 3.8) is 0 Å². The zero-order chi connectivity index (χ0) is 109. The molecule has 150 heavy (non-hydrogen) atoms. The lowest BCUT2D eigenvalue weighted by Gasteiger charge is -2.26. The molecule has 7 aromatic carbocycles. The van der Waals surface area contributed by atoms with E-state index in [1.165, 1.54) is 73.1 Å². The molecule has 27 nitrogen and oxygen atoms in total. The summed E-state index contributed by atoms with van der Waals surface area (Å²) in [6.07, 6.45) is -18.9. The number of Topliss-reactive ketones (excluding diaryl/α,β-unsaturated/α-hetero) is 1. The summed E-state index contributed by atoms with van der Waals surface area (Å²) < 4.78 is 372. The number of hydrogen-bond acceptors (Lipinski definition) is 20. The van der Waals surface area contributed by atoms with Crippen molar-refractivity contribution in [2.75, 3.05) is 31.9 Å². The number of halogens is 20. The summed E-state index contributed by atoms with van der Waals surface area (Å²) in [6, 6.07) is 36.4. The first-order chi connectivity index (χ1) is 70.6. The fourth-order valence-corrected chi connectivity index (χ4v) is 23.6. The maximum Gasteiger partial charge on any atom is 0.451 e. The Hall–Kier alpha value is -14.2. The van der Waals surface area contributed by atoms with Crippen LogP contribution in [0.5, 0.6) is 0 Å². The SMILES string of the molecule is CCc1nc(C(F)(F)F)ccc1-c1cc(CNC(=O)[C@@H]2C[C@@H](F)CN2S(=O)(=O)c2ccc(F)cc2)ccn1.N#Cc1ccc(-c2cnc(C(F)(F)F)nc2)cc1CNC(=O)[C@@H]1[C@H]2C[C@H]2CN1S(=O)(=O)c1ccc(F)cc1.Nc1nc(C(F)(F)F)ccc1-c1cc(CNC(=O)[C@@H]2C[C@@H](F)CN2S(=O)(=O)c2ccc(F)cc2)ccn1.O=C(CCc1cc(-c2ccc(C(F)(F)F)cc2)ccc1F)[C@@H]1C[C@@H](F)CN1S(=O)(=O)c1ccc(F)cc1. The summed E-state index contributed by atoms with van der Waals surface area (Å²) in [6.45, 7) is -0.0303. The second-order valence-corrected chi connectivity index (χ2v) is 42.4. The Morgan fingerprint density at radius 1 is 0.420 bits per heavy atom. The standard InChI is InChI=1S/C26H21F6NO3S.C25H23F5N4O3S.C25H19F4N5O3S.C23H20F5N5O3S/c27-20-7-9-22(10-8-20)37(35,36)33-15-21(28)14-24(33)25(34)12-4-18-13-17(3-11-23(18)29)16-1-5-19(6-2-16)26(30,31)32;1-2-20-19(7-8-23(33-20)25(28,29)30)21-11-15(9-10-31-21)13-32-24(35)22-12-17(27)14-34(22)38(36,37)18-5-3-16(26)4-6-18;26-19-3-5-20(6-4-19)38(36,37)34-13-17-8-21(17)22(34)23(35)31-10-16-7-14(1-2-15(16)9-30)18-11-32-24(33-12-18)25(27,28)29;24-14-1-3-16(4-2-14)37(35,36)33-12-15(25)10-19(33)22(34)31-11-13-7-8-30-18(9-13)17-5-6-20(23(26,27)28)32-21(17)29/h1-3,5-11,13,21,24H,4,12,14-15H2;3-11,17,22H,2,12-14H2,1H3,(H,32,35);1-7,11-12,17,21-22H,8,10,13H2,(H,31,35);1-9,15,19H,10-12H2,(H2,29,32)(H,31,34)/t21-,24+;17-,22+;17-,21-,22-;15-,19+/m1101/s1. The number of ketones is 1. The van der Waals surface area contributed by atoms with Crippen LogP contribution in [0, 0.1) is 52.3 Å². The normalized spacial score (nSPS) is 19.2. The summed E-state index contributed by atoms with van der Waals surface area (Å²) in [4.78, 5) is 73.0. The van der Waals surface area contributed by atoms with Crippen LogP contribution in [0.2, 0.25) is 0 Å². The number of fused-ring (bicyclic) bond motifs is 1. The van der Waals surface area contributed by atoms with Crippen LogP contribution in [0.15, 0.2) is 251 Å². The molecule has 0 spiro atoms. The van der Waals surface area contributed by atoms with Gasteiger partial charge in [-0.25, -0.2) is 88.7 Å². The van der Waals surface area contributed by atoms with Crippen LogP contribution in [-0.4, -0.2) is 173 Å². The molecule has 3 amide bonds. The minimum Gasteiger partial charge on any atom is -0.383 e. The Kier molecular flexibility index (Phi) is 33.7. The molecular formula is C99H83F20N15O12S4. The van der Waals surface area contributed by atoms with E-state index < -0.39 is 202 Å². The average Bonchev–Trinajstić information content (AvgIpc) is 1.56. The van der Waals surface area contributed by atoms with Gasteiger partial charge in [0.15, 0.2) is 5.78 Å². The number of rotatable bonds is 26. The Labute approximate surface area is 843 Å². The van der Waals surface area contributed by atoms with Gasteiger partial charge in [-0.05, 0) is 252 Å². The Bertz CT molecular complexity index is 7550. The molecule has 0 bridgehead atoms. The number of carbonyl (C=O) groups is 4. The summed E-state index contributed by atoms with van der Waals surface area (Å²) in [7, 11) is -16.9. The number of pyridine rings is 4. The van der Waals surface area contributed by atoms with Gasteiger partial charge >= 0.3 is 24.7 Å². The Morgan fingerprint density at radius 3 is 1.27 bits per heavy atom. The molecule has 5 fully saturated rings. The fourth-order valence-electron chi connectivity index (χ4n) is 17.1. The predicted octanol–water partition coefficient (Wildman–Crippen LogP) is 17.0. The highest BCUT2D eigenvalue weighted by Crippen LogP contribution is 2.52. The Morgan fingerprint density at radius 2 is 0.827 bits per heavy atom. The van der Waals surface area contributed by atoms with Crippen molar-refractivity contribution in [1.29, 1.82) is 5.26 Å². The van der Waals surface area contributed by atoms with Crippen LogP contribution >= 0.6 is 0 Å². The molecule has 0 unspecified atom stereocenters. The van der Waals surface area contributed by atoms with E-state index in [1.54, 1.807) is 19.1 Å². The molecule has 790 valence electrons. The number of aromatic nitrogens is 6. The molecule has 17 rings (SSSR count). The number of hydrogen-bond donors (Lipinski definition) is 4. The maximum absolute atomic E-state index is 14.5. The van der Waals surface area contributed by atoms with E-state index in [2.05, 4.69) is 45.9 Å². The van der Waals surface area contributed by atoms with Crippen molar-refractivity contribution < 1.29 is 141 Å². The minimum atomic E-state index is -4.68. The largest absolute Gasteiger partial charge is 0.451 e. The fraction of sp³-hybridized carbons (Fsp3) is 0.283. The lowest BCUT2D eigenvalue weighted by molar-refractivity contribution is -0.145. The van der Waals surface area contributed by atoms with Gasteiger partial charge in [0.2, 0.25) is 63.6 Å². The van der Waals surface area contributed by atoms with E-state index in [9.17, 15) is 146 Å². The first kappa shape index (κ1) is 111. The molecule has 9 heterocycles. The van der Waals surface area contributed by atoms with E-state index in [0.29, 0.717) is 51.1 Å². The third-order valence-electron chi connectivity index (χ3n) is 24.7. The number of nitrogen functional groups attached to an aromatic ring is 1. The molecular weight excluding hydrogens is 2100 g/mol. The topological polar surface area (TPSA) is 381 Å². The maximum atomic E-state index is 14.5. The molecule has 5 aliphatic rings. The number of nitriles is 1. The van der Waals surface area contributed by atoms with Crippen LogP contribution in [0.25, 0.3) is 44.8 Å². The highest BCUT2D eigenvalue weighted by Gasteiger charge is 2.59. The van der Waals surface area contributed by atoms with Crippen molar-refractivity contribution in [2.24, 2.45) is 11.8 Å². The molecule has 51 heteroatoms. The van der Waals surface area contributed by atoms with Crippen LogP contribution < -0.4 is 21.7 Å². The van der Waals surface area contributed by atoms with Gasteiger partial charge in [-0.15, -0.1) is 0 Å². The second-order valence-electron chi connectivity index (χ2n) is 34.8. The van der Waals surface area contributed by atoms with Gasteiger partial charge in [-0.1, -0.05) is 31.2 Å². The van der Waals surface area contributed by atoms with E-state index in [-0.39, 0.29) is 136 Å². The predicted molar refractivity (Wildman–Crippen MR) is 498 cm³/mol. The van der Waals surface area contributed by atoms with Crippen LogP contribution in [-0.2, 0) is 116 Å². The number of alkyl halides is 15. The van der Waals surface area contributed by atoms with Crippen molar-refractivity contribution in [2.45, 2.75) is 158 Å².